The number of rotatable bonds is 7. The molecule has 1 aromatic heterocycles. The Morgan fingerprint density at radius 1 is 1.55 bits per heavy atom. The van der Waals surface area contributed by atoms with Crippen molar-refractivity contribution in [3.8, 4) is 0 Å². The monoisotopic (exact) mass is 299 g/mol. The van der Waals surface area contributed by atoms with E-state index >= 15 is 0 Å². The molecule has 1 fully saturated rings. The lowest BCUT2D eigenvalue weighted by molar-refractivity contribution is 0.182. The number of methoxy groups -OCH3 is 1. The molecule has 2 rings (SSSR count). The second-order valence-corrected chi connectivity index (χ2v) is 6.14. The van der Waals surface area contributed by atoms with E-state index in [2.05, 4.69) is 24.3 Å². The van der Waals surface area contributed by atoms with Crippen LogP contribution >= 0.6 is 11.6 Å². The summed E-state index contributed by atoms with van der Waals surface area (Å²) in [6.07, 6.45) is 4.08. The number of hydrogen-bond donors (Lipinski definition) is 1. The zero-order chi connectivity index (χ0) is 14.8. The summed E-state index contributed by atoms with van der Waals surface area (Å²) in [6, 6.07) is 0. The summed E-state index contributed by atoms with van der Waals surface area (Å²) in [5.74, 6) is 0.629. The van der Waals surface area contributed by atoms with Gasteiger partial charge in [0.25, 0.3) is 5.56 Å². The summed E-state index contributed by atoms with van der Waals surface area (Å²) >= 11 is 6.13. The maximum Gasteiger partial charge on any atom is 0.287 e. The van der Waals surface area contributed by atoms with E-state index in [4.69, 9.17) is 16.3 Å². The molecule has 1 heterocycles. The fourth-order valence-corrected chi connectivity index (χ4v) is 2.53. The molecule has 1 aromatic rings. The van der Waals surface area contributed by atoms with Crippen molar-refractivity contribution in [2.24, 2.45) is 11.3 Å². The van der Waals surface area contributed by atoms with Gasteiger partial charge in [-0.15, -0.1) is 0 Å². The maximum atomic E-state index is 12.0. The molecule has 0 amide bonds. The van der Waals surface area contributed by atoms with Gasteiger partial charge < -0.3 is 10.1 Å². The number of halogens is 1. The van der Waals surface area contributed by atoms with E-state index in [0.29, 0.717) is 30.2 Å². The molecule has 0 aromatic carbocycles. The van der Waals surface area contributed by atoms with Crippen LogP contribution in [0.4, 0.5) is 5.69 Å². The molecule has 112 valence electrons. The number of ether oxygens (including phenoxy) is 1. The van der Waals surface area contributed by atoms with Crippen LogP contribution in [-0.4, -0.2) is 30.0 Å². The normalized spacial score (nSPS) is 16.4. The minimum Gasteiger partial charge on any atom is -0.383 e. The summed E-state index contributed by atoms with van der Waals surface area (Å²) in [5.41, 5.74) is 0.703. The highest BCUT2D eigenvalue weighted by Gasteiger charge is 2.45. The lowest BCUT2D eigenvalue weighted by Crippen LogP contribution is -2.27. The van der Waals surface area contributed by atoms with E-state index in [9.17, 15) is 4.79 Å². The first-order valence-electron chi connectivity index (χ1n) is 6.98. The molecule has 0 bridgehead atoms. The summed E-state index contributed by atoms with van der Waals surface area (Å²) in [7, 11) is 1.59. The predicted molar refractivity (Wildman–Crippen MR) is 80.4 cm³/mol. The molecule has 0 spiro atoms. The summed E-state index contributed by atoms with van der Waals surface area (Å²) < 4.78 is 6.26. The van der Waals surface area contributed by atoms with Gasteiger partial charge in [0.1, 0.15) is 5.02 Å². The van der Waals surface area contributed by atoms with E-state index in [0.717, 1.165) is 6.54 Å². The van der Waals surface area contributed by atoms with E-state index in [-0.39, 0.29) is 10.6 Å². The largest absolute Gasteiger partial charge is 0.383 e. The zero-order valence-electron chi connectivity index (χ0n) is 12.3. The first-order chi connectivity index (χ1) is 9.50. The van der Waals surface area contributed by atoms with Crippen molar-refractivity contribution in [1.82, 2.24) is 9.78 Å². The van der Waals surface area contributed by atoms with Gasteiger partial charge in [-0.05, 0) is 24.2 Å². The quantitative estimate of drug-likeness (QED) is 0.840. The lowest BCUT2D eigenvalue weighted by atomic mass is 9.92. The molecular formula is C14H22ClN3O2. The van der Waals surface area contributed by atoms with Gasteiger partial charge in [-0.2, -0.15) is 5.10 Å². The SMILES string of the molecule is COCCn1ncc(NCC2(C(C)C)CC2)c(Cl)c1=O. The molecule has 5 nitrogen and oxygen atoms in total. The van der Waals surface area contributed by atoms with Gasteiger partial charge in [-0.1, -0.05) is 25.4 Å². The Balaban J connectivity index is 2.06. The molecule has 1 aliphatic rings. The molecule has 0 unspecified atom stereocenters. The third-order valence-corrected chi connectivity index (χ3v) is 4.61. The Morgan fingerprint density at radius 2 is 2.25 bits per heavy atom. The van der Waals surface area contributed by atoms with Crippen molar-refractivity contribution in [3.63, 3.8) is 0 Å². The molecule has 0 radical (unpaired) electrons. The average molecular weight is 300 g/mol. The summed E-state index contributed by atoms with van der Waals surface area (Å²) in [5, 5.41) is 7.61. The van der Waals surface area contributed by atoms with Crippen LogP contribution in [0.2, 0.25) is 5.02 Å². The summed E-state index contributed by atoms with van der Waals surface area (Å²) in [6.45, 7) is 6.15. The minimum atomic E-state index is -0.275. The first kappa shape index (κ1) is 15.3. The van der Waals surface area contributed by atoms with Crippen molar-refractivity contribution in [1.29, 1.82) is 0 Å². The third-order valence-electron chi connectivity index (χ3n) is 4.24. The van der Waals surface area contributed by atoms with Gasteiger partial charge in [0.2, 0.25) is 0 Å². The van der Waals surface area contributed by atoms with Gasteiger partial charge in [-0.25, -0.2) is 4.68 Å². The maximum absolute atomic E-state index is 12.0. The van der Waals surface area contributed by atoms with Gasteiger partial charge in [0, 0.05) is 13.7 Å². The molecule has 1 saturated carbocycles. The van der Waals surface area contributed by atoms with E-state index in [1.807, 2.05) is 0 Å². The number of anilines is 1. The highest BCUT2D eigenvalue weighted by Crippen LogP contribution is 2.51. The number of nitrogens with one attached hydrogen (secondary N) is 1. The Bertz CT molecular complexity index is 524. The van der Waals surface area contributed by atoms with Gasteiger partial charge in [0.05, 0.1) is 25.0 Å². The smallest absolute Gasteiger partial charge is 0.287 e. The molecule has 6 heteroatoms. The van der Waals surface area contributed by atoms with Gasteiger partial charge in [-0.3, -0.25) is 4.79 Å². The van der Waals surface area contributed by atoms with Crippen molar-refractivity contribution in [2.75, 3.05) is 25.6 Å². The molecule has 1 aliphatic carbocycles. The van der Waals surface area contributed by atoms with Gasteiger partial charge >= 0.3 is 0 Å². The number of nitrogens with zero attached hydrogens (tertiary/aromatic N) is 2. The molecule has 0 aliphatic heterocycles. The second-order valence-electron chi connectivity index (χ2n) is 5.76. The lowest BCUT2D eigenvalue weighted by Gasteiger charge is -2.21. The predicted octanol–water partition coefficient (Wildman–Crippen LogP) is 2.39. The number of hydrogen-bond acceptors (Lipinski definition) is 4. The zero-order valence-corrected chi connectivity index (χ0v) is 13.0. The van der Waals surface area contributed by atoms with Crippen molar-refractivity contribution in [3.05, 3.63) is 21.6 Å². The van der Waals surface area contributed by atoms with Crippen molar-refractivity contribution >= 4 is 17.3 Å². The van der Waals surface area contributed by atoms with E-state index in [1.54, 1.807) is 13.3 Å². The number of aromatic nitrogens is 2. The van der Waals surface area contributed by atoms with Crippen LogP contribution in [0, 0.1) is 11.3 Å². The summed E-state index contributed by atoms with van der Waals surface area (Å²) in [4.78, 5) is 12.0. The Hall–Kier alpha value is -1.07. The van der Waals surface area contributed by atoms with Crippen LogP contribution in [0.1, 0.15) is 26.7 Å². The van der Waals surface area contributed by atoms with E-state index < -0.39 is 0 Å². The van der Waals surface area contributed by atoms with Crippen LogP contribution in [0.3, 0.4) is 0 Å². The second kappa shape index (κ2) is 6.14. The van der Waals surface area contributed by atoms with Crippen LogP contribution in [0.25, 0.3) is 0 Å². The van der Waals surface area contributed by atoms with Crippen LogP contribution < -0.4 is 10.9 Å². The van der Waals surface area contributed by atoms with Crippen molar-refractivity contribution in [2.45, 2.75) is 33.2 Å². The van der Waals surface area contributed by atoms with E-state index in [1.165, 1.54) is 17.5 Å². The average Bonchev–Trinajstić information content (AvgIpc) is 3.20. The molecule has 0 saturated heterocycles. The molecule has 0 atom stereocenters. The fourth-order valence-electron chi connectivity index (χ4n) is 2.32. The first-order valence-corrected chi connectivity index (χ1v) is 7.36. The fraction of sp³-hybridized carbons (Fsp3) is 0.714. The van der Waals surface area contributed by atoms with Gasteiger partial charge in [0.15, 0.2) is 0 Å². The minimum absolute atomic E-state index is 0.204. The molecular weight excluding hydrogens is 278 g/mol. The Morgan fingerprint density at radius 3 is 2.80 bits per heavy atom. The molecule has 20 heavy (non-hydrogen) atoms. The molecule has 1 N–H and O–H groups in total. The Kier molecular flexibility index (Phi) is 4.70. The van der Waals surface area contributed by atoms with Crippen LogP contribution in [-0.2, 0) is 11.3 Å². The topological polar surface area (TPSA) is 56.1 Å². The standard InChI is InChI=1S/C14H22ClN3O2/c1-10(2)14(4-5-14)9-16-11-8-17-18(6-7-20-3)13(19)12(11)15/h8,10,16H,4-7,9H2,1-3H3. The third kappa shape index (κ3) is 3.15. The Labute approximate surface area is 124 Å². The highest BCUT2D eigenvalue weighted by molar-refractivity contribution is 6.32. The highest BCUT2D eigenvalue weighted by atomic mass is 35.5. The van der Waals surface area contributed by atoms with Crippen molar-refractivity contribution < 1.29 is 4.74 Å². The van der Waals surface area contributed by atoms with Crippen LogP contribution in [0.15, 0.2) is 11.0 Å². The van der Waals surface area contributed by atoms with Crippen LogP contribution in [0.5, 0.6) is 0 Å².